The molecule has 2 amide bonds. The average molecular weight is 429 g/mol. The predicted molar refractivity (Wildman–Crippen MR) is 113 cm³/mol. The summed E-state index contributed by atoms with van der Waals surface area (Å²) in [6, 6.07) is 0.229. The molecular weight excluding hydrogens is 402 g/mol. The van der Waals surface area contributed by atoms with E-state index < -0.39 is 17.4 Å². The SMILES string of the molecule is CCn1ncc2c(NC3CCOCC3)c(C3=CC(CC(N)=O)(CC(N)=O)ON3)cnc21. The van der Waals surface area contributed by atoms with Crippen LogP contribution < -0.4 is 22.3 Å². The lowest BCUT2D eigenvalue weighted by Gasteiger charge is -2.25. The Morgan fingerprint density at radius 1 is 1.26 bits per heavy atom. The van der Waals surface area contributed by atoms with Gasteiger partial charge in [0.05, 0.1) is 35.8 Å². The summed E-state index contributed by atoms with van der Waals surface area (Å²) in [7, 11) is 0. The number of pyridine rings is 1. The Kier molecular flexibility index (Phi) is 5.79. The Morgan fingerprint density at radius 3 is 2.61 bits per heavy atom. The number of hydrogen-bond acceptors (Lipinski definition) is 8. The van der Waals surface area contributed by atoms with Gasteiger partial charge in [-0.25, -0.2) is 9.67 Å². The number of amides is 2. The van der Waals surface area contributed by atoms with E-state index in [9.17, 15) is 9.59 Å². The highest BCUT2D eigenvalue weighted by atomic mass is 16.7. The summed E-state index contributed by atoms with van der Waals surface area (Å²) in [5.41, 5.74) is 15.3. The van der Waals surface area contributed by atoms with Crippen LogP contribution in [0.3, 0.4) is 0 Å². The number of carbonyl (C=O) groups is 2. The van der Waals surface area contributed by atoms with Gasteiger partial charge in [0, 0.05) is 37.6 Å². The van der Waals surface area contributed by atoms with Crippen molar-refractivity contribution in [3.8, 4) is 0 Å². The molecule has 1 saturated heterocycles. The van der Waals surface area contributed by atoms with Crippen LogP contribution in [0.4, 0.5) is 5.69 Å². The molecule has 0 bridgehead atoms. The summed E-state index contributed by atoms with van der Waals surface area (Å²) in [5, 5.41) is 8.93. The number of hydrogen-bond donors (Lipinski definition) is 4. The third kappa shape index (κ3) is 4.32. The summed E-state index contributed by atoms with van der Waals surface area (Å²) in [6.07, 6.45) is 6.59. The van der Waals surface area contributed by atoms with Gasteiger partial charge in [-0.2, -0.15) is 5.10 Å². The van der Waals surface area contributed by atoms with Gasteiger partial charge in [-0.3, -0.25) is 19.9 Å². The number of aromatic nitrogens is 3. The van der Waals surface area contributed by atoms with Crippen LogP contribution in [0, 0.1) is 0 Å². The quantitative estimate of drug-likeness (QED) is 0.469. The fraction of sp³-hybridized carbons (Fsp3) is 0.500. The molecule has 2 aliphatic rings. The molecule has 0 aliphatic carbocycles. The number of primary amides is 2. The van der Waals surface area contributed by atoms with Gasteiger partial charge in [-0.15, -0.1) is 0 Å². The number of ether oxygens (including phenoxy) is 1. The predicted octanol–water partition coefficient (Wildman–Crippen LogP) is 0.407. The molecule has 0 spiro atoms. The highest BCUT2D eigenvalue weighted by Gasteiger charge is 2.39. The molecule has 2 aliphatic heterocycles. The van der Waals surface area contributed by atoms with Crippen LogP contribution in [0.15, 0.2) is 18.5 Å². The molecular formula is C20H27N7O4. The lowest BCUT2D eigenvalue weighted by atomic mass is 9.93. The maximum atomic E-state index is 11.6. The number of anilines is 1. The number of aryl methyl sites for hydroxylation is 1. The minimum Gasteiger partial charge on any atom is -0.381 e. The topological polar surface area (TPSA) is 159 Å². The van der Waals surface area contributed by atoms with Gasteiger partial charge in [-0.05, 0) is 25.8 Å². The van der Waals surface area contributed by atoms with Crippen LogP contribution in [-0.4, -0.2) is 51.4 Å². The maximum Gasteiger partial charge on any atom is 0.220 e. The van der Waals surface area contributed by atoms with Crippen LogP contribution >= 0.6 is 0 Å². The summed E-state index contributed by atoms with van der Waals surface area (Å²) in [4.78, 5) is 33.5. The molecule has 1 fully saturated rings. The first-order valence-electron chi connectivity index (χ1n) is 10.3. The smallest absolute Gasteiger partial charge is 0.220 e. The van der Waals surface area contributed by atoms with Gasteiger partial charge in [0.25, 0.3) is 0 Å². The number of hydroxylamine groups is 1. The number of nitrogens with zero attached hydrogens (tertiary/aromatic N) is 3. The first kappa shape index (κ1) is 21.1. The van der Waals surface area contributed by atoms with Crippen molar-refractivity contribution in [3.05, 3.63) is 24.0 Å². The Labute approximate surface area is 179 Å². The molecule has 2 aromatic heterocycles. The van der Waals surface area contributed by atoms with Crippen LogP contribution in [0.2, 0.25) is 0 Å². The Bertz CT molecular complexity index is 1010. The highest BCUT2D eigenvalue weighted by Crippen LogP contribution is 2.37. The molecule has 0 radical (unpaired) electrons. The minimum atomic E-state index is -1.24. The number of nitrogens with one attached hydrogen (secondary N) is 2. The van der Waals surface area contributed by atoms with Gasteiger partial charge in [0.2, 0.25) is 11.8 Å². The number of nitrogens with two attached hydrogens (primary N) is 2. The standard InChI is InChI=1S/C20H27N7O4/c1-2-27-19-14(11-24-27)18(25-12-3-5-30-6-4-12)13(10-23-19)15-7-20(31-26-15,8-16(21)28)9-17(22)29/h7,10-12,26H,2-6,8-9H2,1H3,(H2,21,28)(H2,22,29)(H,23,25). The Morgan fingerprint density at radius 2 is 1.97 bits per heavy atom. The summed E-state index contributed by atoms with van der Waals surface area (Å²) in [6.45, 7) is 4.08. The average Bonchev–Trinajstić information content (AvgIpc) is 3.32. The second kappa shape index (κ2) is 8.52. The molecule has 6 N–H and O–H groups in total. The molecule has 31 heavy (non-hydrogen) atoms. The van der Waals surface area contributed by atoms with E-state index in [0.717, 1.165) is 35.1 Å². The molecule has 11 nitrogen and oxygen atoms in total. The normalized spacial score (nSPS) is 18.5. The third-order valence-corrected chi connectivity index (χ3v) is 5.54. The molecule has 166 valence electrons. The molecule has 4 heterocycles. The zero-order valence-electron chi connectivity index (χ0n) is 17.4. The van der Waals surface area contributed by atoms with Crippen molar-refractivity contribution < 1.29 is 19.2 Å². The van der Waals surface area contributed by atoms with E-state index >= 15 is 0 Å². The molecule has 11 heteroatoms. The van der Waals surface area contributed by atoms with Crippen molar-refractivity contribution in [1.29, 1.82) is 0 Å². The van der Waals surface area contributed by atoms with Crippen LogP contribution in [-0.2, 0) is 25.7 Å². The van der Waals surface area contributed by atoms with E-state index in [1.165, 1.54) is 0 Å². The molecule has 0 saturated carbocycles. The van der Waals surface area contributed by atoms with Crippen LogP contribution in [0.5, 0.6) is 0 Å². The second-order valence-electron chi connectivity index (χ2n) is 7.89. The fourth-order valence-electron chi connectivity index (χ4n) is 4.10. The monoisotopic (exact) mass is 429 g/mol. The minimum absolute atomic E-state index is 0.182. The lowest BCUT2D eigenvalue weighted by molar-refractivity contribution is -0.131. The fourth-order valence-corrected chi connectivity index (χ4v) is 4.10. The first-order chi connectivity index (χ1) is 14.9. The van der Waals surface area contributed by atoms with Crippen molar-refractivity contribution in [2.24, 2.45) is 11.5 Å². The molecule has 0 unspecified atom stereocenters. The van der Waals surface area contributed by atoms with Crippen molar-refractivity contribution in [2.45, 2.75) is 50.8 Å². The lowest BCUT2D eigenvalue weighted by Crippen LogP contribution is -2.38. The molecule has 4 rings (SSSR count). The zero-order valence-corrected chi connectivity index (χ0v) is 17.4. The number of rotatable bonds is 8. The van der Waals surface area contributed by atoms with E-state index in [4.69, 9.17) is 21.0 Å². The van der Waals surface area contributed by atoms with Crippen LogP contribution in [0.25, 0.3) is 16.7 Å². The Balaban J connectivity index is 1.77. The van der Waals surface area contributed by atoms with Crippen molar-refractivity contribution in [2.75, 3.05) is 18.5 Å². The van der Waals surface area contributed by atoms with Crippen molar-refractivity contribution in [1.82, 2.24) is 20.2 Å². The van der Waals surface area contributed by atoms with E-state index in [1.807, 2.05) is 11.6 Å². The van der Waals surface area contributed by atoms with Crippen molar-refractivity contribution in [3.63, 3.8) is 0 Å². The maximum absolute atomic E-state index is 11.6. The summed E-state index contributed by atoms with van der Waals surface area (Å²) >= 11 is 0. The van der Waals surface area contributed by atoms with Gasteiger partial charge >= 0.3 is 0 Å². The molecule has 2 aromatic rings. The largest absolute Gasteiger partial charge is 0.381 e. The van der Waals surface area contributed by atoms with Gasteiger partial charge in [0.15, 0.2) is 5.65 Å². The number of fused-ring (bicyclic) bond motifs is 1. The van der Waals surface area contributed by atoms with E-state index in [0.29, 0.717) is 25.5 Å². The van der Waals surface area contributed by atoms with Gasteiger partial charge in [0.1, 0.15) is 5.60 Å². The van der Waals surface area contributed by atoms with E-state index in [2.05, 4.69) is 20.9 Å². The number of carbonyl (C=O) groups excluding carboxylic acids is 2. The molecule has 0 aromatic carbocycles. The summed E-state index contributed by atoms with van der Waals surface area (Å²) < 4.78 is 7.30. The second-order valence-corrected chi connectivity index (χ2v) is 7.89. The van der Waals surface area contributed by atoms with Crippen molar-refractivity contribution >= 4 is 34.2 Å². The highest BCUT2D eigenvalue weighted by molar-refractivity contribution is 5.96. The van der Waals surface area contributed by atoms with Gasteiger partial charge < -0.3 is 21.5 Å². The van der Waals surface area contributed by atoms with E-state index in [1.54, 1.807) is 18.5 Å². The Hall–Kier alpha value is -3.18. The summed E-state index contributed by atoms with van der Waals surface area (Å²) in [5.74, 6) is -1.20. The van der Waals surface area contributed by atoms with E-state index in [-0.39, 0.29) is 18.9 Å². The third-order valence-electron chi connectivity index (χ3n) is 5.54. The van der Waals surface area contributed by atoms with Crippen LogP contribution in [0.1, 0.15) is 38.2 Å². The first-order valence-corrected chi connectivity index (χ1v) is 10.3. The zero-order chi connectivity index (χ0) is 22.0. The van der Waals surface area contributed by atoms with Gasteiger partial charge in [-0.1, -0.05) is 0 Å². The molecule has 0 atom stereocenters.